The molecule has 1 aromatic heterocycles. The van der Waals surface area contributed by atoms with E-state index in [4.69, 9.17) is 16.7 Å². The Morgan fingerprint density at radius 2 is 2.00 bits per heavy atom. The first kappa shape index (κ1) is 19.2. The minimum absolute atomic E-state index is 0.392. The van der Waals surface area contributed by atoms with Crippen molar-refractivity contribution in [3.05, 3.63) is 28.9 Å². The summed E-state index contributed by atoms with van der Waals surface area (Å²) in [5.74, 6) is 0.601. The molecule has 142 valence electrons. The highest BCUT2D eigenvalue weighted by Gasteiger charge is 2.23. The van der Waals surface area contributed by atoms with Gasteiger partial charge in [-0.2, -0.15) is 0 Å². The van der Waals surface area contributed by atoms with Gasteiger partial charge in [-0.1, -0.05) is 30.9 Å². The maximum atomic E-state index is 10.6. The predicted molar refractivity (Wildman–Crippen MR) is 106 cm³/mol. The number of nitrogens with one attached hydrogen (secondary N) is 1. The minimum Gasteiger partial charge on any atom is -0.478 e. The number of carboxylic acid groups (broad SMARTS) is 1. The van der Waals surface area contributed by atoms with Gasteiger partial charge in [0.1, 0.15) is 5.82 Å². The quantitative estimate of drug-likeness (QED) is 0.724. The van der Waals surface area contributed by atoms with Crippen LogP contribution in [0.3, 0.4) is 0 Å². The number of hydrogen-bond donors (Lipinski definition) is 2. The number of carbonyl (C=O) groups is 1. The van der Waals surface area contributed by atoms with Crippen molar-refractivity contribution in [1.82, 2.24) is 9.88 Å². The molecule has 0 radical (unpaired) electrons. The molecule has 2 fully saturated rings. The molecule has 26 heavy (non-hydrogen) atoms. The van der Waals surface area contributed by atoms with Crippen molar-refractivity contribution in [2.75, 3.05) is 25.0 Å². The van der Waals surface area contributed by atoms with Crippen molar-refractivity contribution in [3.8, 4) is 0 Å². The highest BCUT2D eigenvalue weighted by Crippen LogP contribution is 2.27. The van der Waals surface area contributed by atoms with Crippen molar-refractivity contribution >= 4 is 29.5 Å². The summed E-state index contributed by atoms with van der Waals surface area (Å²) in [5.41, 5.74) is 0.685. The summed E-state index contributed by atoms with van der Waals surface area (Å²) in [6, 6.07) is 2.14. The first-order valence-corrected chi connectivity index (χ1v) is 10.0. The maximum Gasteiger partial charge on any atom is 0.328 e. The summed E-state index contributed by atoms with van der Waals surface area (Å²) in [6.45, 7) is 3.52. The number of rotatable bonds is 6. The summed E-state index contributed by atoms with van der Waals surface area (Å²) in [6.07, 6.45) is 13.5. The second-order valence-electron chi connectivity index (χ2n) is 7.49. The molecule has 0 atom stereocenters. The zero-order valence-electron chi connectivity index (χ0n) is 15.2. The zero-order valence-corrected chi connectivity index (χ0v) is 15.9. The highest BCUT2D eigenvalue weighted by molar-refractivity contribution is 6.33. The number of piperidine rings is 1. The fourth-order valence-electron chi connectivity index (χ4n) is 4.01. The Morgan fingerprint density at radius 3 is 2.65 bits per heavy atom. The standard InChI is InChI=1S/C20H28ClN3O2/c21-18-12-16(6-7-19(25)26)13-22-20(18)23-17-8-10-24(11-9-17)14-15-4-2-1-3-5-15/h6-7,12-13,15,17H,1-5,8-11,14H2,(H,22,23)(H,25,26)/b7-6+. The van der Waals surface area contributed by atoms with E-state index in [9.17, 15) is 4.79 Å². The van der Waals surface area contributed by atoms with Crippen LogP contribution in [-0.4, -0.2) is 46.6 Å². The van der Waals surface area contributed by atoms with E-state index < -0.39 is 5.97 Å². The molecular weight excluding hydrogens is 350 g/mol. The van der Waals surface area contributed by atoms with Crippen LogP contribution in [0.2, 0.25) is 5.02 Å². The molecule has 1 aromatic rings. The first-order valence-electron chi connectivity index (χ1n) is 9.65. The molecule has 0 bridgehead atoms. The highest BCUT2D eigenvalue weighted by atomic mass is 35.5. The summed E-state index contributed by atoms with van der Waals surface area (Å²) < 4.78 is 0. The number of carboxylic acids is 1. The molecule has 1 saturated carbocycles. The smallest absolute Gasteiger partial charge is 0.328 e. The molecule has 1 aliphatic carbocycles. The second kappa shape index (κ2) is 9.38. The number of anilines is 1. The van der Waals surface area contributed by atoms with Gasteiger partial charge in [0.25, 0.3) is 0 Å². The molecule has 2 heterocycles. The molecule has 0 spiro atoms. The maximum absolute atomic E-state index is 10.6. The number of nitrogens with zero attached hydrogens (tertiary/aromatic N) is 2. The number of hydrogen-bond acceptors (Lipinski definition) is 4. The summed E-state index contributed by atoms with van der Waals surface area (Å²) in [5, 5.41) is 12.7. The third-order valence-electron chi connectivity index (χ3n) is 5.45. The molecular formula is C20H28ClN3O2. The van der Waals surface area contributed by atoms with Gasteiger partial charge < -0.3 is 15.3 Å². The van der Waals surface area contributed by atoms with E-state index in [0.29, 0.717) is 22.4 Å². The SMILES string of the molecule is O=C(O)/C=C/c1cnc(NC2CCN(CC3CCCCC3)CC2)c(Cl)c1. The third kappa shape index (κ3) is 5.71. The van der Waals surface area contributed by atoms with Gasteiger partial charge in [0.2, 0.25) is 0 Å². The van der Waals surface area contributed by atoms with Crippen LogP contribution < -0.4 is 5.32 Å². The summed E-state index contributed by atoms with van der Waals surface area (Å²) in [7, 11) is 0. The van der Waals surface area contributed by atoms with E-state index in [1.807, 2.05) is 0 Å². The van der Waals surface area contributed by atoms with Gasteiger partial charge in [0, 0.05) is 37.9 Å². The van der Waals surface area contributed by atoms with Crippen LogP contribution in [-0.2, 0) is 4.79 Å². The molecule has 0 amide bonds. The number of halogens is 1. The van der Waals surface area contributed by atoms with Crippen LogP contribution in [0.1, 0.15) is 50.5 Å². The average Bonchev–Trinajstić information content (AvgIpc) is 2.64. The molecule has 1 aliphatic heterocycles. The van der Waals surface area contributed by atoms with Crippen molar-refractivity contribution in [3.63, 3.8) is 0 Å². The second-order valence-corrected chi connectivity index (χ2v) is 7.90. The lowest BCUT2D eigenvalue weighted by molar-refractivity contribution is -0.131. The Hall–Kier alpha value is -1.59. The van der Waals surface area contributed by atoms with Gasteiger partial charge in [-0.15, -0.1) is 0 Å². The van der Waals surface area contributed by atoms with E-state index in [0.717, 1.165) is 37.9 Å². The van der Waals surface area contributed by atoms with Crippen LogP contribution in [0.4, 0.5) is 5.82 Å². The van der Waals surface area contributed by atoms with Gasteiger partial charge in [-0.25, -0.2) is 9.78 Å². The van der Waals surface area contributed by atoms with E-state index in [1.54, 1.807) is 12.3 Å². The lowest BCUT2D eigenvalue weighted by Gasteiger charge is -2.35. The largest absolute Gasteiger partial charge is 0.478 e. The molecule has 0 unspecified atom stereocenters. The summed E-state index contributed by atoms with van der Waals surface area (Å²) >= 11 is 6.30. The summed E-state index contributed by atoms with van der Waals surface area (Å²) in [4.78, 5) is 17.6. The van der Waals surface area contributed by atoms with Crippen LogP contribution in [0, 0.1) is 5.92 Å². The van der Waals surface area contributed by atoms with Gasteiger partial charge in [0.15, 0.2) is 0 Å². The molecule has 1 saturated heterocycles. The fourth-order valence-corrected chi connectivity index (χ4v) is 4.23. The first-order chi connectivity index (χ1) is 12.6. The van der Waals surface area contributed by atoms with Crippen LogP contribution in [0.15, 0.2) is 18.3 Å². The molecule has 6 heteroatoms. The number of pyridine rings is 1. The Labute approximate surface area is 160 Å². The zero-order chi connectivity index (χ0) is 18.4. The molecule has 2 N–H and O–H groups in total. The Balaban J connectivity index is 1.47. The number of aromatic nitrogens is 1. The average molecular weight is 378 g/mol. The lowest BCUT2D eigenvalue weighted by atomic mass is 9.88. The number of likely N-dealkylation sites (tertiary alicyclic amines) is 1. The number of aliphatic carboxylic acids is 1. The van der Waals surface area contributed by atoms with E-state index in [1.165, 1.54) is 44.7 Å². The van der Waals surface area contributed by atoms with Gasteiger partial charge >= 0.3 is 5.97 Å². The normalized spacial score (nSPS) is 20.5. The Bertz CT molecular complexity index is 636. The van der Waals surface area contributed by atoms with Crippen LogP contribution in [0.25, 0.3) is 6.08 Å². The van der Waals surface area contributed by atoms with Crippen LogP contribution in [0.5, 0.6) is 0 Å². The fraction of sp³-hybridized carbons (Fsp3) is 0.600. The predicted octanol–water partition coefficient (Wildman–Crippen LogP) is 4.29. The third-order valence-corrected chi connectivity index (χ3v) is 5.74. The van der Waals surface area contributed by atoms with E-state index >= 15 is 0 Å². The van der Waals surface area contributed by atoms with Gasteiger partial charge in [-0.3, -0.25) is 0 Å². The van der Waals surface area contributed by atoms with Crippen LogP contribution >= 0.6 is 11.6 Å². The topological polar surface area (TPSA) is 65.5 Å². The Kier molecular flexibility index (Phi) is 6.92. The monoisotopic (exact) mass is 377 g/mol. The molecule has 0 aromatic carbocycles. The molecule has 2 aliphatic rings. The van der Waals surface area contributed by atoms with Crippen molar-refractivity contribution in [2.24, 2.45) is 5.92 Å². The lowest BCUT2D eigenvalue weighted by Crippen LogP contribution is -2.41. The van der Waals surface area contributed by atoms with Crippen molar-refractivity contribution in [2.45, 2.75) is 51.0 Å². The van der Waals surface area contributed by atoms with E-state index in [-0.39, 0.29) is 0 Å². The molecule has 3 rings (SSSR count). The minimum atomic E-state index is -0.983. The molecule has 5 nitrogen and oxygen atoms in total. The Morgan fingerprint density at radius 1 is 1.27 bits per heavy atom. The van der Waals surface area contributed by atoms with Crippen molar-refractivity contribution < 1.29 is 9.90 Å². The van der Waals surface area contributed by atoms with Gasteiger partial charge in [-0.05, 0) is 49.3 Å². The van der Waals surface area contributed by atoms with Crippen molar-refractivity contribution in [1.29, 1.82) is 0 Å². The van der Waals surface area contributed by atoms with E-state index in [2.05, 4.69) is 15.2 Å². The van der Waals surface area contributed by atoms with Gasteiger partial charge in [0.05, 0.1) is 5.02 Å².